The van der Waals surface area contributed by atoms with E-state index >= 15 is 0 Å². The maximum Gasteiger partial charge on any atom is 0.337 e. The molecule has 0 saturated carbocycles. The molecule has 1 aromatic rings. The van der Waals surface area contributed by atoms with Gasteiger partial charge in [-0.15, -0.1) is 0 Å². The van der Waals surface area contributed by atoms with Crippen LogP contribution in [0.4, 0.5) is 0 Å². The number of benzene rings is 1. The van der Waals surface area contributed by atoms with Crippen LogP contribution in [0.5, 0.6) is 0 Å². The predicted octanol–water partition coefficient (Wildman–Crippen LogP) is 0.715. The molecule has 0 radical (unpaired) electrons. The fourth-order valence-electron chi connectivity index (χ4n) is 1.32. The third-order valence-electron chi connectivity index (χ3n) is 2.31. The molecule has 7 heteroatoms. The molecule has 0 aliphatic heterocycles. The topological polar surface area (TPSA) is 104 Å². The number of methoxy groups -OCH3 is 1. The van der Waals surface area contributed by atoms with Crippen LogP contribution in [0.1, 0.15) is 22.0 Å². The Morgan fingerprint density at radius 3 is 2.39 bits per heavy atom. The minimum atomic E-state index is -1.73. The number of aromatic carboxylic acids is 1. The SMILES string of the molecule is COC(=O)C(O)C(O)c1ccc(C(=O)O)cc1Br. The molecule has 0 spiro atoms. The largest absolute Gasteiger partial charge is 0.478 e. The highest BCUT2D eigenvalue weighted by molar-refractivity contribution is 9.10. The average Bonchev–Trinajstić information content (AvgIpc) is 2.35. The van der Waals surface area contributed by atoms with Crippen molar-refractivity contribution in [2.75, 3.05) is 7.11 Å². The van der Waals surface area contributed by atoms with Gasteiger partial charge in [-0.2, -0.15) is 0 Å². The lowest BCUT2D eigenvalue weighted by Gasteiger charge is -2.17. The number of esters is 1. The lowest BCUT2D eigenvalue weighted by Crippen LogP contribution is -2.29. The van der Waals surface area contributed by atoms with Gasteiger partial charge in [-0.3, -0.25) is 0 Å². The van der Waals surface area contributed by atoms with Gasteiger partial charge in [0.05, 0.1) is 12.7 Å². The lowest BCUT2D eigenvalue weighted by molar-refractivity contribution is -0.156. The maximum absolute atomic E-state index is 11.1. The van der Waals surface area contributed by atoms with E-state index in [4.69, 9.17) is 5.11 Å². The average molecular weight is 319 g/mol. The Bertz CT molecular complexity index is 473. The van der Waals surface area contributed by atoms with E-state index in [1.807, 2.05) is 0 Å². The number of carbonyl (C=O) groups excluding carboxylic acids is 1. The highest BCUT2D eigenvalue weighted by Gasteiger charge is 2.28. The zero-order valence-electron chi connectivity index (χ0n) is 9.33. The second-order valence-corrected chi connectivity index (χ2v) is 4.31. The first kappa shape index (κ1) is 14.6. The summed E-state index contributed by atoms with van der Waals surface area (Å²) in [5.41, 5.74) is 0.211. The van der Waals surface area contributed by atoms with Crippen LogP contribution < -0.4 is 0 Å². The van der Waals surface area contributed by atoms with Crippen molar-refractivity contribution in [3.63, 3.8) is 0 Å². The van der Waals surface area contributed by atoms with Gasteiger partial charge in [0.15, 0.2) is 6.10 Å². The Kier molecular flexibility index (Phi) is 4.83. The van der Waals surface area contributed by atoms with Gasteiger partial charge in [-0.25, -0.2) is 9.59 Å². The molecule has 0 saturated heterocycles. The summed E-state index contributed by atoms with van der Waals surface area (Å²) in [5.74, 6) is -2.10. The van der Waals surface area contributed by atoms with Gasteiger partial charge in [0, 0.05) is 4.47 Å². The molecule has 0 bridgehead atoms. The number of carboxylic acids is 1. The van der Waals surface area contributed by atoms with Crippen LogP contribution >= 0.6 is 15.9 Å². The zero-order valence-corrected chi connectivity index (χ0v) is 10.9. The molecule has 18 heavy (non-hydrogen) atoms. The molecule has 0 aliphatic rings. The van der Waals surface area contributed by atoms with Crippen LogP contribution in [0, 0.1) is 0 Å². The molecule has 3 N–H and O–H groups in total. The molecular formula is C11H11BrO6. The summed E-state index contributed by atoms with van der Waals surface area (Å²) in [6, 6.07) is 3.84. The first-order chi connectivity index (χ1) is 8.38. The number of aliphatic hydroxyl groups excluding tert-OH is 2. The van der Waals surface area contributed by atoms with Crippen molar-refractivity contribution in [2.45, 2.75) is 12.2 Å². The van der Waals surface area contributed by atoms with Crippen molar-refractivity contribution in [1.29, 1.82) is 0 Å². The molecule has 1 aromatic carbocycles. The lowest BCUT2D eigenvalue weighted by atomic mass is 10.0. The normalized spacial score (nSPS) is 13.8. The molecule has 0 aromatic heterocycles. The van der Waals surface area contributed by atoms with Crippen molar-refractivity contribution in [3.05, 3.63) is 33.8 Å². The molecule has 0 heterocycles. The van der Waals surface area contributed by atoms with Gasteiger partial charge >= 0.3 is 11.9 Å². The molecule has 1 rings (SSSR count). The second kappa shape index (κ2) is 5.94. The molecule has 6 nitrogen and oxygen atoms in total. The van der Waals surface area contributed by atoms with E-state index in [0.717, 1.165) is 7.11 Å². The Balaban J connectivity index is 3.03. The molecule has 0 amide bonds. The number of rotatable bonds is 4. The summed E-state index contributed by atoms with van der Waals surface area (Å²) in [7, 11) is 1.08. The van der Waals surface area contributed by atoms with Crippen LogP contribution in [0.15, 0.2) is 22.7 Å². The second-order valence-electron chi connectivity index (χ2n) is 3.45. The monoisotopic (exact) mass is 318 g/mol. The summed E-state index contributed by atoms with van der Waals surface area (Å²) >= 11 is 3.07. The number of carbonyl (C=O) groups is 2. The molecule has 98 valence electrons. The van der Waals surface area contributed by atoms with E-state index < -0.39 is 24.1 Å². The first-order valence-corrected chi connectivity index (χ1v) is 5.64. The first-order valence-electron chi connectivity index (χ1n) is 4.85. The molecule has 0 fully saturated rings. The number of hydrogen-bond acceptors (Lipinski definition) is 5. The van der Waals surface area contributed by atoms with Crippen LogP contribution in [-0.2, 0) is 9.53 Å². The highest BCUT2D eigenvalue weighted by atomic mass is 79.9. The van der Waals surface area contributed by atoms with E-state index in [0.29, 0.717) is 0 Å². The fraction of sp³-hybridized carbons (Fsp3) is 0.273. The van der Waals surface area contributed by atoms with Gasteiger partial charge in [0.25, 0.3) is 0 Å². The van der Waals surface area contributed by atoms with Crippen LogP contribution in [0.25, 0.3) is 0 Å². The van der Waals surface area contributed by atoms with Crippen molar-refractivity contribution in [1.82, 2.24) is 0 Å². The Labute approximate surface area is 111 Å². The van der Waals surface area contributed by atoms with Crippen molar-refractivity contribution in [2.24, 2.45) is 0 Å². The third-order valence-corrected chi connectivity index (χ3v) is 2.99. The number of aliphatic hydroxyl groups is 2. The summed E-state index contributed by atoms with van der Waals surface area (Å²) in [4.78, 5) is 21.8. The van der Waals surface area contributed by atoms with Crippen molar-refractivity contribution < 1.29 is 29.6 Å². The van der Waals surface area contributed by atoms with Crippen molar-refractivity contribution in [3.8, 4) is 0 Å². The third kappa shape index (κ3) is 3.06. The molecule has 2 atom stereocenters. The van der Waals surface area contributed by atoms with E-state index in [1.54, 1.807) is 0 Å². The standard InChI is InChI=1S/C11H11BrO6/c1-18-11(17)9(14)8(13)6-3-2-5(10(15)16)4-7(6)12/h2-4,8-9,13-14H,1H3,(H,15,16). The maximum atomic E-state index is 11.1. The fourth-order valence-corrected chi connectivity index (χ4v) is 1.93. The Morgan fingerprint density at radius 2 is 1.94 bits per heavy atom. The molecule has 0 aliphatic carbocycles. The molecule has 2 unspecified atom stereocenters. The van der Waals surface area contributed by atoms with E-state index in [-0.39, 0.29) is 15.6 Å². The van der Waals surface area contributed by atoms with E-state index in [2.05, 4.69) is 20.7 Å². The zero-order chi connectivity index (χ0) is 13.9. The summed E-state index contributed by atoms with van der Waals surface area (Å²) in [6.45, 7) is 0. The number of hydrogen-bond donors (Lipinski definition) is 3. The summed E-state index contributed by atoms with van der Waals surface area (Å²) in [6.07, 6.45) is -3.24. The minimum Gasteiger partial charge on any atom is -0.478 e. The number of ether oxygens (including phenoxy) is 1. The predicted molar refractivity (Wildman–Crippen MR) is 64.1 cm³/mol. The van der Waals surface area contributed by atoms with E-state index in [1.165, 1.54) is 18.2 Å². The molecular weight excluding hydrogens is 308 g/mol. The number of halogens is 1. The summed E-state index contributed by atoms with van der Waals surface area (Å²) < 4.78 is 4.57. The van der Waals surface area contributed by atoms with Gasteiger partial charge in [0.1, 0.15) is 6.10 Å². The van der Waals surface area contributed by atoms with Crippen LogP contribution in [0.3, 0.4) is 0 Å². The van der Waals surface area contributed by atoms with Crippen molar-refractivity contribution >= 4 is 27.9 Å². The van der Waals surface area contributed by atoms with E-state index in [9.17, 15) is 19.8 Å². The smallest absolute Gasteiger partial charge is 0.337 e. The Morgan fingerprint density at radius 1 is 1.33 bits per heavy atom. The van der Waals surface area contributed by atoms with Crippen LogP contribution in [-0.4, -0.2) is 40.5 Å². The highest BCUT2D eigenvalue weighted by Crippen LogP contribution is 2.27. The van der Waals surface area contributed by atoms with Gasteiger partial charge < -0.3 is 20.1 Å². The van der Waals surface area contributed by atoms with Gasteiger partial charge in [0.2, 0.25) is 0 Å². The number of carboxylic acid groups (broad SMARTS) is 1. The minimum absolute atomic E-state index is 0.0189. The quantitative estimate of drug-likeness (QED) is 0.706. The van der Waals surface area contributed by atoms with Gasteiger partial charge in [-0.1, -0.05) is 22.0 Å². The van der Waals surface area contributed by atoms with Crippen LogP contribution in [0.2, 0.25) is 0 Å². The van der Waals surface area contributed by atoms with Gasteiger partial charge in [-0.05, 0) is 17.7 Å². The Hall–Kier alpha value is -1.44. The summed E-state index contributed by atoms with van der Waals surface area (Å²) in [5, 5.41) is 28.0.